The monoisotopic (exact) mass is 305 g/mol. The molecule has 1 aliphatic rings. The average molecular weight is 305 g/mol. The van der Waals surface area contributed by atoms with Crippen molar-refractivity contribution in [2.45, 2.75) is 19.8 Å². The fourth-order valence-electron chi connectivity index (χ4n) is 2.59. The van der Waals surface area contributed by atoms with Crippen molar-refractivity contribution in [2.75, 3.05) is 19.7 Å². The highest BCUT2D eigenvalue weighted by atomic mass is 16.5. The third-order valence-electron chi connectivity index (χ3n) is 3.78. The normalized spacial score (nSPS) is 18.0. The first-order chi connectivity index (χ1) is 10.5. The molecule has 1 amide bonds. The van der Waals surface area contributed by atoms with Gasteiger partial charge in [-0.05, 0) is 37.4 Å². The molecule has 0 radical (unpaired) electrons. The second kappa shape index (κ2) is 7.42. The summed E-state index contributed by atoms with van der Waals surface area (Å²) in [6, 6.07) is 6.13. The molecule has 1 saturated heterocycles. The van der Waals surface area contributed by atoms with Crippen LogP contribution in [0.1, 0.15) is 30.1 Å². The summed E-state index contributed by atoms with van der Waals surface area (Å²) in [5.41, 5.74) is 0.800. The number of esters is 1. The van der Waals surface area contributed by atoms with E-state index in [2.05, 4.69) is 0 Å². The molecule has 0 aliphatic carbocycles. The molecule has 0 spiro atoms. The first kappa shape index (κ1) is 16.5. The Bertz CT molecular complexity index is 531. The molecule has 0 aromatic heterocycles. The molecule has 1 aliphatic heterocycles. The Balaban J connectivity index is 2.03. The number of carbonyl (C=O) groups excluding carboxylic acids is 2. The number of likely N-dealkylation sites (tertiary alicyclic amines) is 1. The molecule has 118 valence electrons. The molecule has 1 fully saturated rings. The molecule has 22 heavy (non-hydrogen) atoms. The largest absolute Gasteiger partial charge is 0.488 e. The number of hydrogen-bond donors (Lipinski definition) is 2. The summed E-state index contributed by atoms with van der Waals surface area (Å²) in [5, 5.41) is 18.1. The lowest BCUT2D eigenvalue weighted by Crippen LogP contribution is -2.43. The summed E-state index contributed by atoms with van der Waals surface area (Å²) in [5.74, 6) is -0.678. The quantitative estimate of drug-likeness (QED) is 0.593. The number of benzene rings is 1. The van der Waals surface area contributed by atoms with Crippen molar-refractivity contribution in [3.8, 4) is 0 Å². The molecular weight excluding hydrogens is 285 g/mol. The predicted molar refractivity (Wildman–Crippen MR) is 81.5 cm³/mol. The summed E-state index contributed by atoms with van der Waals surface area (Å²) in [6.07, 6.45) is 1.50. The van der Waals surface area contributed by atoms with Crippen LogP contribution in [0.15, 0.2) is 24.3 Å². The zero-order valence-electron chi connectivity index (χ0n) is 12.6. The van der Waals surface area contributed by atoms with Gasteiger partial charge in [0.05, 0.1) is 12.5 Å². The number of ether oxygens (including phenoxy) is 1. The van der Waals surface area contributed by atoms with Crippen molar-refractivity contribution in [3.05, 3.63) is 29.8 Å². The van der Waals surface area contributed by atoms with E-state index in [0.29, 0.717) is 30.7 Å². The Kier molecular flexibility index (Phi) is 5.57. The van der Waals surface area contributed by atoms with Crippen LogP contribution in [0.5, 0.6) is 0 Å². The number of amides is 1. The predicted octanol–water partition coefficient (Wildman–Crippen LogP) is -0.218. The molecule has 2 rings (SSSR count). The maximum Gasteiger partial charge on any atom is 0.488 e. The summed E-state index contributed by atoms with van der Waals surface area (Å²) in [6.45, 7) is 3.08. The zero-order valence-corrected chi connectivity index (χ0v) is 12.6. The van der Waals surface area contributed by atoms with E-state index in [0.717, 1.165) is 12.8 Å². The number of nitrogens with zero attached hydrogens (tertiary/aromatic N) is 1. The van der Waals surface area contributed by atoms with E-state index in [1.807, 2.05) is 0 Å². The minimum atomic E-state index is -1.55. The van der Waals surface area contributed by atoms with Crippen LogP contribution in [-0.4, -0.2) is 53.6 Å². The Morgan fingerprint density at radius 1 is 1.32 bits per heavy atom. The fraction of sp³-hybridized carbons (Fsp3) is 0.467. The van der Waals surface area contributed by atoms with Gasteiger partial charge in [-0.25, -0.2) is 0 Å². The van der Waals surface area contributed by atoms with E-state index < -0.39 is 7.12 Å². The van der Waals surface area contributed by atoms with Crippen molar-refractivity contribution in [1.82, 2.24) is 4.90 Å². The Labute approximate surface area is 129 Å². The van der Waals surface area contributed by atoms with Gasteiger partial charge in [0.1, 0.15) is 0 Å². The first-order valence-electron chi connectivity index (χ1n) is 7.45. The van der Waals surface area contributed by atoms with Crippen LogP contribution in [0.2, 0.25) is 0 Å². The number of carbonyl (C=O) groups is 2. The summed E-state index contributed by atoms with van der Waals surface area (Å²) in [7, 11) is -1.55. The summed E-state index contributed by atoms with van der Waals surface area (Å²) < 4.78 is 5.02. The topological polar surface area (TPSA) is 87.1 Å². The van der Waals surface area contributed by atoms with Crippen molar-refractivity contribution in [3.63, 3.8) is 0 Å². The fourth-order valence-corrected chi connectivity index (χ4v) is 2.59. The highest BCUT2D eigenvalue weighted by molar-refractivity contribution is 6.58. The van der Waals surface area contributed by atoms with Gasteiger partial charge in [-0.2, -0.15) is 0 Å². The van der Waals surface area contributed by atoms with Crippen LogP contribution in [0.4, 0.5) is 0 Å². The summed E-state index contributed by atoms with van der Waals surface area (Å²) >= 11 is 0. The SMILES string of the molecule is CCOC(=O)[C@@H]1CCCN(C(=O)c2ccc(B(O)O)cc2)C1. The Morgan fingerprint density at radius 3 is 2.59 bits per heavy atom. The lowest BCUT2D eigenvalue weighted by Gasteiger charge is -2.31. The molecule has 2 N–H and O–H groups in total. The van der Waals surface area contributed by atoms with E-state index in [9.17, 15) is 9.59 Å². The van der Waals surface area contributed by atoms with Gasteiger partial charge in [0.25, 0.3) is 5.91 Å². The van der Waals surface area contributed by atoms with Crippen molar-refractivity contribution < 1.29 is 24.4 Å². The van der Waals surface area contributed by atoms with E-state index in [-0.39, 0.29) is 17.8 Å². The average Bonchev–Trinajstić information content (AvgIpc) is 2.54. The van der Waals surface area contributed by atoms with Gasteiger partial charge in [-0.15, -0.1) is 0 Å². The Hall–Kier alpha value is -1.86. The minimum absolute atomic E-state index is 0.159. The molecular formula is C15H20BNO5. The van der Waals surface area contributed by atoms with Gasteiger partial charge in [-0.3, -0.25) is 9.59 Å². The van der Waals surface area contributed by atoms with E-state index in [4.69, 9.17) is 14.8 Å². The standard InChI is InChI=1S/C15H20BNO5/c1-2-22-15(19)12-4-3-9-17(10-12)14(18)11-5-7-13(8-6-11)16(20)21/h5-8,12,20-21H,2-4,9-10H2,1H3/t12-/m1/s1. The first-order valence-corrected chi connectivity index (χ1v) is 7.45. The van der Waals surface area contributed by atoms with Crippen LogP contribution < -0.4 is 5.46 Å². The number of piperidine rings is 1. The van der Waals surface area contributed by atoms with Crippen molar-refractivity contribution in [2.24, 2.45) is 5.92 Å². The molecule has 1 aromatic rings. The maximum atomic E-state index is 12.5. The van der Waals surface area contributed by atoms with Crippen LogP contribution in [0.25, 0.3) is 0 Å². The maximum absolute atomic E-state index is 12.5. The molecule has 6 nitrogen and oxygen atoms in total. The van der Waals surface area contributed by atoms with E-state index in [1.165, 1.54) is 12.1 Å². The van der Waals surface area contributed by atoms with Gasteiger partial charge >= 0.3 is 13.1 Å². The second-order valence-corrected chi connectivity index (χ2v) is 5.34. The number of rotatable bonds is 4. The molecule has 1 aromatic carbocycles. The van der Waals surface area contributed by atoms with Crippen LogP contribution in [0.3, 0.4) is 0 Å². The molecule has 1 atom stereocenters. The number of hydrogen-bond acceptors (Lipinski definition) is 5. The lowest BCUT2D eigenvalue weighted by atomic mass is 9.80. The van der Waals surface area contributed by atoms with E-state index in [1.54, 1.807) is 24.0 Å². The van der Waals surface area contributed by atoms with Crippen LogP contribution in [0, 0.1) is 5.92 Å². The molecule has 1 heterocycles. The van der Waals surface area contributed by atoms with Gasteiger partial charge in [0.2, 0.25) is 0 Å². The summed E-state index contributed by atoms with van der Waals surface area (Å²) in [4.78, 5) is 25.9. The molecule has 7 heteroatoms. The lowest BCUT2D eigenvalue weighted by molar-refractivity contribution is -0.149. The zero-order chi connectivity index (χ0) is 16.1. The Morgan fingerprint density at radius 2 is 2.00 bits per heavy atom. The van der Waals surface area contributed by atoms with Crippen LogP contribution >= 0.6 is 0 Å². The van der Waals surface area contributed by atoms with Gasteiger partial charge in [0, 0.05) is 18.7 Å². The highest BCUT2D eigenvalue weighted by Gasteiger charge is 2.29. The van der Waals surface area contributed by atoms with E-state index >= 15 is 0 Å². The van der Waals surface area contributed by atoms with Gasteiger partial charge in [0.15, 0.2) is 0 Å². The highest BCUT2D eigenvalue weighted by Crippen LogP contribution is 2.19. The minimum Gasteiger partial charge on any atom is -0.466 e. The van der Waals surface area contributed by atoms with Crippen molar-refractivity contribution >= 4 is 24.5 Å². The smallest absolute Gasteiger partial charge is 0.466 e. The third-order valence-corrected chi connectivity index (χ3v) is 3.78. The molecule has 0 saturated carbocycles. The second-order valence-electron chi connectivity index (χ2n) is 5.34. The van der Waals surface area contributed by atoms with Crippen LogP contribution in [-0.2, 0) is 9.53 Å². The van der Waals surface area contributed by atoms with Gasteiger partial charge < -0.3 is 19.7 Å². The molecule has 0 bridgehead atoms. The van der Waals surface area contributed by atoms with Crippen molar-refractivity contribution in [1.29, 1.82) is 0 Å². The van der Waals surface area contributed by atoms with Gasteiger partial charge in [-0.1, -0.05) is 12.1 Å². The molecule has 0 unspecified atom stereocenters. The third kappa shape index (κ3) is 3.87.